The summed E-state index contributed by atoms with van der Waals surface area (Å²) in [6, 6.07) is 5.18. The number of hydrogen-bond donors (Lipinski definition) is 2. The number of amides is 1. The molecule has 0 atom stereocenters. The van der Waals surface area contributed by atoms with E-state index in [1.165, 1.54) is 11.2 Å². The largest absolute Gasteiger partial charge is 0.398 e. The molecule has 6 nitrogen and oxygen atoms in total. The maximum atomic E-state index is 12.2. The molecule has 0 fully saturated rings. The van der Waals surface area contributed by atoms with Gasteiger partial charge < -0.3 is 10.6 Å². The quantitative estimate of drug-likeness (QED) is 0.839. The summed E-state index contributed by atoms with van der Waals surface area (Å²) in [6.45, 7) is 0.355. The fraction of sp³-hybridized carbons (Fsp3) is 0.182. The van der Waals surface area contributed by atoms with Gasteiger partial charge in [-0.3, -0.25) is 9.89 Å². The van der Waals surface area contributed by atoms with Crippen LogP contribution in [0.3, 0.4) is 0 Å². The fourth-order valence-electron chi connectivity index (χ4n) is 1.54. The summed E-state index contributed by atoms with van der Waals surface area (Å²) >= 11 is 3.30. The molecule has 0 aliphatic carbocycles. The zero-order chi connectivity index (χ0) is 13.1. The number of aromatic nitrogens is 3. The van der Waals surface area contributed by atoms with Crippen molar-refractivity contribution < 1.29 is 4.79 Å². The maximum absolute atomic E-state index is 12.2. The average molecular weight is 310 g/mol. The number of hydrogen-bond acceptors (Lipinski definition) is 4. The van der Waals surface area contributed by atoms with Crippen LogP contribution in [0.5, 0.6) is 0 Å². The lowest BCUT2D eigenvalue weighted by Gasteiger charge is -2.16. The first-order valence-electron chi connectivity index (χ1n) is 5.22. The number of anilines is 1. The summed E-state index contributed by atoms with van der Waals surface area (Å²) in [6.07, 6.45) is 1.40. The first-order valence-corrected chi connectivity index (χ1v) is 6.02. The van der Waals surface area contributed by atoms with Gasteiger partial charge in [-0.2, -0.15) is 5.10 Å². The number of rotatable bonds is 3. The van der Waals surface area contributed by atoms with Gasteiger partial charge in [0.25, 0.3) is 5.91 Å². The lowest BCUT2D eigenvalue weighted by atomic mass is 10.1. The van der Waals surface area contributed by atoms with E-state index in [2.05, 4.69) is 31.1 Å². The molecule has 1 amide bonds. The van der Waals surface area contributed by atoms with Crippen molar-refractivity contribution in [2.75, 3.05) is 12.8 Å². The van der Waals surface area contributed by atoms with Crippen LogP contribution in [0, 0.1) is 0 Å². The molecule has 3 N–H and O–H groups in total. The predicted octanol–water partition coefficient (Wildman–Crippen LogP) is 1.42. The maximum Gasteiger partial charge on any atom is 0.256 e. The minimum absolute atomic E-state index is 0.156. The number of carbonyl (C=O) groups excluding carboxylic acids is 1. The fourth-order valence-corrected chi connectivity index (χ4v) is 1.92. The molecule has 0 aliphatic heterocycles. The molecule has 1 aromatic heterocycles. The lowest BCUT2D eigenvalue weighted by molar-refractivity contribution is 0.0782. The summed E-state index contributed by atoms with van der Waals surface area (Å²) in [5.74, 6) is 0.470. The van der Waals surface area contributed by atoms with Gasteiger partial charge in [-0.1, -0.05) is 15.9 Å². The third-order valence-electron chi connectivity index (χ3n) is 2.44. The van der Waals surface area contributed by atoms with Crippen LogP contribution in [0.15, 0.2) is 29.0 Å². The molecule has 0 saturated heterocycles. The van der Waals surface area contributed by atoms with Gasteiger partial charge in [0, 0.05) is 17.2 Å². The Hall–Kier alpha value is -1.89. The second-order valence-corrected chi connectivity index (χ2v) is 4.74. The van der Waals surface area contributed by atoms with Gasteiger partial charge in [-0.15, -0.1) is 0 Å². The molecule has 2 aromatic rings. The van der Waals surface area contributed by atoms with Crippen LogP contribution in [-0.2, 0) is 6.54 Å². The molecule has 2 rings (SSSR count). The summed E-state index contributed by atoms with van der Waals surface area (Å²) in [7, 11) is 1.69. The van der Waals surface area contributed by atoms with E-state index in [1.807, 2.05) is 0 Å². The van der Waals surface area contributed by atoms with Gasteiger partial charge in [-0.25, -0.2) is 4.98 Å². The van der Waals surface area contributed by atoms with Crippen LogP contribution in [0.1, 0.15) is 16.2 Å². The number of carbonyl (C=O) groups is 1. The Morgan fingerprint density at radius 2 is 2.33 bits per heavy atom. The Labute approximate surface area is 112 Å². The van der Waals surface area contributed by atoms with E-state index in [9.17, 15) is 4.79 Å². The monoisotopic (exact) mass is 309 g/mol. The van der Waals surface area contributed by atoms with E-state index < -0.39 is 0 Å². The van der Waals surface area contributed by atoms with E-state index >= 15 is 0 Å². The Morgan fingerprint density at radius 3 is 2.94 bits per heavy atom. The van der Waals surface area contributed by atoms with Gasteiger partial charge in [0.15, 0.2) is 0 Å². The van der Waals surface area contributed by atoms with Crippen LogP contribution >= 0.6 is 15.9 Å². The highest BCUT2D eigenvalue weighted by Crippen LogP contribution is 2.20. The van der Waals surface area contributed by atoms with Crippen molar-refractivity contribution in [3.63, 3.8) is 0 Å². The lowest BCUT2D eigenvalue weighted by Crippen LogP contribution is -2.27. The molecule has 94 valence electrons. The summed E-state index contributed by atoms with van der Waals surface area (Å²) in [5, 5.41) is 6.44. The van der Waals surface area contributed by atoms with Crippen molar-refractivity contribution in [1.29, 1.82) is 0 Å². The van der Waals surface area contributed by atoms with Crippen molar-refractivity contribution in [1.82, 2.24) is 20.1 Å². The molecule has 0 radical (unpaired) electrons. The van der Waals surface area contributed by atoms with E-state index in [1.54, 1.807) is 25.2 Å². The summed E-state index contributed by atoms with van der Waals surface area (Å²) in [4.78, 5) is 17.7. The van der Waals surface area contributed by atoms with E-state index in [4.69, 9.17) is 5.73 Å². The average Bonchev–Trinajstić information content (AvgIpc) is 2.81. The summed E-state index contributed by atoms with van der Waals surface area (Å²) < 4.78 is 0.842. The van der Waals surface area contributed by atoms with E-state index in [0.29, 0.717) is 23.6 Å². The van der Waals surface area contributed by atoms with Gasteiger partial charge >= 0.3 is 0 Å². The molecular weight excluding hydrogens is 298 g/mol. The number of halogens is 1. The molecular formula is C11H12BrN5O. The second kappa shape index (κ2) is 5.18. The van der Waals surface area contributed by atoms with E-state index in [0.717, 1.165) is 4.47 Å². The standard InChI is InChI=1S/C11H12BrN5O/c1-17(5-10-14-6-15-16-10)11(18)8-3-2-7(12)4-9(8)13/h2-4,6H,5,13H2,1H3,(H,14,15,16). The number of aromatic amines is 1. The van der Waals surface area contributed by atoms with Crippen LogP contribution in [0.4, 0.5) is 5.69 Å². The second-order valence-electron chi connectivity index (χ2n) is 3.82. The first kappa shape index (κ1) is 12.6. The van der Waals surface area contributed by atoms with Gasteiger partial charge in [0.05, 0.1) is 12.1 Å². The van der Waals surface area contributed by atoms with Crippen LogP contribution in [0.2, 0.25) is 0 Å². The van der Waals surface area contributed by atoms with Crippen LogP contribution in [-0.4, -0.2) is 33.0 Å². The Kier molecular flexibility index (Phi) is 3.61. The number of benzene rings is 1. The van der Waals surface area contributed by atoms with Gasteiger partial charge in [0.1, 0.15) is 12.2 Å². The molecule has 0 aliphatic rings. The predicted molar refractivity (Wildman–Crippen MR) is 70.7 cm³/mol. The molecule has 0 saturated carbocycles. The highest BCUT2D eigenvalue weighted by molar-refractivity contribution is 9.10. The van der Waals surface area contributed by atoms with Crippen molar-refractivity contribution in [3.8, 4) is 0 Å². The van der Waals surface area contributed by atoms with Crippen LogP contribution < -0.4 is 5.73 Å². The number of nitrogens with zero attached hydrogens (tertiary/aromatic N) is 3. The van der Waals surface area contributed by atoms with Gasteiger partial charge in [-0.05, 0) is 18.2 Å². The first-order chi connectivity index (χ1) is 8.58. The van der Waals surface area contributed by atoms with E-state index in [-0.39, 0.29) is 5.91 Å². The highest BCUT2D eigenvalue weighted by atomic mass is 79.9. The number of H-pyrrole nitrogens is 1. The number of nitrogens with two attached hydrogens (primary N) is 1. The summed E-state index contributed by atoms with van der Waals surface area (Å²) in [5.41, 5.74) is 6.74. The van der Waals surface area contributed by atoms with Crippen molar-refractivity contribution in [3.05, 3.63) is 40.4 Å². The Morgan fingerprint density at radius 1 is 1.56 bits per heavy atom. The molecule has 1 aromatic carbocycles. The van der Waals surface area contributed by atoms with Crippen LogP contribution in [0.25, 0.3) is 0 Å². The smallest absolute Gasteiger partial charge is 0.256 e. The Bertz CT molecular complexity index is 555. The topological polar surface area (TPSA) is 87.9 Å². The van der Waals surface area contributed by atoms with Gasteiger partial charge in [0.2, 0.25) is 0 Å². The molecule has 0 unspecified atom stereocenters. The molecule has 1 heterocycles. The van der Waals surface area contributed by atoms with Crippen molar-refractivity contribution in [2.24, 2.45) is 0 Å². The van der Waals surface area contributed by atoms with Crippen molar-refractivity contribution in [2.45, 2.75) is 6.54 Å². The normalized spacial score (nSPS) is 10.3. The number of nitrogen functional groups attached to an aromatic ring is 1. The van der Waals surface area contributed by atoms with Crippen molar-refractivity contribution >= 4 is 27.5 Å². The zero-order valence-electron chi connectivity index (χ0n) is 9.72. The molecule has 0 bridgehead atoms. The Balaban J connectivity index is 2.15. The third kappa shape index (κ3) is 2.67. The third-order valence-corrected chi connectivity index (χ3v) is 2.94. The highest BCUT2D eigenvalue weighted by Gasteiger charge is 2.15. The SMILES string of the molecule is CN(Cc1ncn[nH]1)C(=O)c1ccc(Br)cc1N. The molecule has 0 spiro atoms. The minimum Gasteiger partial charge on any atom is -0.398 e. The molecule has 18 heavy (non-hydrogen) atoms. The number of nitrogens with one attached hydrogen (secondary N) is 1. The molecule has 7 heteroatoms. The zero-order valence-corrected chi connectivity index (χ0v) is 11.3. The minimum atomic E-state index is -0.156.